The molecule has 3 rings (SSSR count). The number of benzene rings is 2. The van der Waals surface area contributed by atoms with Gasteiger partial charge in [0.15, 0.2) is 11.5 Å². The summed E-state index contributed by atoms with van der Waals surface area (Å²) in [6.07, 6.45) is 0. The second kappa shape index (κ2) is 6.32. The fourth-order valence-corrected chi connectivity index (χ4v) is 2.54. The number of rotatable bonds is 3. The molecule has 2 aromatic carbocycles. The zero-order valence-corrected chi connectivity index (χ0v) is 13.1. The summed E-state index contributed by atoms with van der Waals surface area (Å²) in [7, 11) is 0. The Labute approximate surface area is 141 Å². The van der Waals surface area contributed by atoms with Crippen molar-refractivity contribution in [2.75, 3.05) is 0 Å². The molecular weight excluding hydrogens is 337 g/mol. The third-order valence-electron chi connectivity index (χ3n) is 3.11. The number of hydrogen-bond acceptors (Lipinski definition) is 4. The van der Waals surface area contributed by atoms with E-state index in [2.05, 4.69) is 15.2 Å². The summed E-state index contributed by atoms with van der Waals surface area (Å²) in [5.74, 6) is -1.06. The minimum absolute atomic E-state index is 0.128. The van der Waals surface area contributed by atoms with Crippen molar-refractivity contribution >= 4 is 29.2 Å². The minimum atomic E-state index is -1.19. The molecule has 0 aliphatic heterocycles. The SMILES string of the molecule is O=C(O)c1nc(-c2ccc(Cl)cc2Cl)nnc1-c1ccccc1. The van der Waals surface area contributed by atoms with Crippen molar-refractivity contribution in [1.29, 1.82) is 0 Å². The van der Waals surface area contributed by atoms with Crippen LogP contribution in [0.5, 0.6) is 0 Å². The van der Waals surface area contributed by atoms with Crippen molar-refractivity contribution in [3.63, 3.8) is 0 Å². The number of aromatic carboxylic acids is 1. The van der Waals surface area contributed by atoms with Gasteiger partial charge in [-0.1, -0.05) is 53.5 Å². The second-order valence-corrected chi connectivity index (χ2v) is 5.47. The maximum atomic E-state index is 11.5. The third kappa shape index (κ3) is 3.16. The Kier molecular flexibility index (Phi) is 4.23. The minimum Gasteiger partial charge on any atom is -0.476 e. The van der Waals surface area contributed by atoms with Gasteiger partial charge in [0, 0.05) is 16.1 Å². The van der Waals surface area contributed by atoms with Crippen molar-refractivity contribution < 1.29 is 9.90 Å². The molecular formula is C16H9Cl2N3O2. The first-order chi connectivity index (χ1) is 11.1. The average molecular weight is 346 g/mol. The van der Waals surface area contributed by atoms with Gasteiger partial charge in [0.2, 0.25) is 0 Å². The third-order valence-corrected chi connectivity index (χ3v) is 3.66. The smallest absolute Gasteiger partial charge is 0.356 e. The van der Waals surface area contributed by atoms with Crippen LogP contribution in [0.2, 0.25) is 10.0 Å². The van der Waals surface area contributed by atoms with Crippen molar-refractivity contribution in [1.82, 2.24) is 15.2 Å². The van der Waals surface area contributed by atoms with Gasteiger partial charge in [-0.15, -0.1) is 10.2 Å². The summed E-state index contributed by atoms with van der Waals surface area (Å²) >= 11 is 12.0. The van der Waals surface area contributed by atoms with Gasteiger partial charge in [-0.05, 0) is 18.2 Å². The summed E-state index contributed by atoms with van der Waals surface area (Å²) in [4.78, 5) is 15.6. The largest absolute Gasteiger partial charge is 0.476 e. The molecule has 0 bridgehead atoms. The van der Waals surface area contributed by atoms with Crippen LogP contribution in [-0.2, 0) is 0 Å². The van der Waals surface area contributed by atoms with Crippen LogP contribution in [-0.4, -0.2) is 26.3 Å². The number of hydrogen-bond donors (Lipinski definition) is 1. The Balaban J connectivity index is 2.16. The van der Waals surface area contributed by atoms with Crippen molar-refractivity contribution in [2.45, 2.75) is 0 Å². The van der Waals surface area contributed by atoms with Crippen LogP contribution in [0.15, 0.2) is 48.5 Å². The highest BCUT2D eigenvalue weighted by molar-refractivity contribution is 6.36. The summed E-state index contributed by atoms with van der Waals surface area (Å²) in [5, 5.41) is 18.2. The molecule has 0 amide bonds. The summed E-state index contributed by atoms with van der Waals surface area (Å²) in [6.45, 7) is 0. The molecule has 0 saturated carbocycles. The highest BCUT2D eigenvalue weighted by Gasteiger charge is 2.19. The zero-order valence-electron chi connectivity index (χ0n) is 11.6. The Morgan fingerprint density at radius 1 is 1.00 bits per heavy atom. The number of aromatic nitrogens is 3. The maximum Gasteiger partial charge on any atom is 0.356 e. The van der Waals surface area contributed by atoms with Crippen molar-refractivity contribution in [2.24, 2.45) is 0 Å². The maximum absolute atomic E-state index is 11.5. The van der Waals surface area contributed by atoms with E-state index < -0.39 is 5.97 Å². The van der Waals surface area contributed by atoms with E-state index in [1.54, 1.807) is 36.4 Å². The molecule has 1 aromatic heterocycles. The molecule has 7 heteroatoms. The van der Waals surface area contributed by atoms with Crippen LogP contribution < -0.4 is 0 Å². The zero-order chi connectivity index (χ0) is 16.4. The lowest BCUT2D eigenvalue weighted by Crippen LogP contribution is -2.08. The van der Waals surface area contributed by atoms with E-state index in [0.29, 0.717) is 21.2 Å². The molecule has 0 atom stereocenters. The first-order valence-corrected chi connectivity index (χ1v) is 7.30. The number of carbonyl (C=O) groups is 1. The molecule has 0 spiro atoms. The summed E-state index contributed by atoms with van der Waals surface area (Å²) < 4.78 is 0. The van der Waals surface area contributed by atoms with Gasteiger partial charge in [0.05, 0.1) is 5.02 Å². The molecule has 0 unspecified atom stereocenters. The summed E-state index contributed by atoms with van der Waals surface area (Å²) in [6, 6.07) is 13.7. The lowest BCUT2D eigenvalue weighted by Gasteiger charge is -2.07. The van der Waals surface area contributed by atoms with E-state index in [0.717, 1.165) is 0 Å². The molecule has 1 N–H and O–H groups in total. The van der Waals surface area contributed by atoms with Gasteiger partial charge in [0.1, 0.15) is 5.69 Å². The lowest BCUT2D eigenvalue weighted by molar-refractivity contribution is 0.0691. The van der Waals surface area contributed by atoms with Crippen LogP contribution >= 0.6 is 23.2 Å². The molecule has 23 heavy (non-hydrogen) atoms. The van der Waals surface area contributed by atoms with E-state index in [1.807, 2.05) is 6.07 Å². The van der Waals surface area contributed by atoms with Crippen LogP contribution in [0, 0.1) is 0 Å². The van der Waals surface area contributed by atoms with Gasteiger partial charge >= 0.3 is 5.97 Å². The molecule has 5 nitrogen and oxygen atoms in total. The molecule has 0 radical (unpaired) electrons. The van der Waals surface area contributed by atoms with Crippen molar-refractivity contribution in [3.8, 4) is 22.6 Å². The average Bonchev–Trinajstić information content (AvgIpc) is 2.55. The number of carboxylic acids is 1. The highest BCUT2D eigenvalue weighted by Crippen LogP contribution is 2.29. The monoisotopic (exact) mass is 345 g/mol. The Morgan fingerprint density at radius 3 is 2.39 bits per heavy atom. The Hall–Kier alpha value is -2.50. The molecule has 114 valence electrons. The van der Waals surface area contributed by atoms with Gasteiger partial charge in [0.25, 0.3) is 0 Å². The topological polar surface area (TPSA) is 76.0 Å². The predicted molar refractivity (Wildman–Crippen MR) is 87.7 cm³/mol. The molecule has 1 heterocycles. The second-order valence-electron chi connectivity index (χ2n) is 4.63. The standard InChI is InChI=1S/C16H9Cl2N3O2/c17-10-6-7-11(12(18)8-10)15-19-14(16(22)23)13(20-21-15)9-4-2-1-3-5-9/h1-8H,(H,22,23). The molecule has 0 aliphatic rings. The molecule has 0 saturated heterocycles. The number of halogens is 2. The first kappa shape index (κ1) is 15.4. The van der Waals surface area contributed by atoms with E-state index >= 15 is 0 Å². The Morgan fingerprint density at radius 2 is 1.74 bits per heavy atom. The van der Waals surface area contributed by atoms with Gasteiger partial charge in [-0.25, -0.2) is 9.78 Å². The number of nitrogens with zero attached hydrogens (tertiary/aromatic N) is 3. The van der Waals surface area contributed by atoms with Gasteiger partial charge < -0.3 is 5.11 Å². The van der Waals surface area contributed by atoms with Crippen molar-refractivity contribution in [3.05, 3.63) is 64.3 Å². The highest BCUT2D eigenvalue weighted by atomic mass is 35.5. The number of carboxylic acid groups (broad SMARTS) is 1. The van der Waals surface area contributed by atoms with E-state index in [-0.39, 0.29) is 17.2 Å². The normalized spacial score (nSPS) is 10.5. The quantitative estimate of drug-likeness (QED) is 0.769. The predicted octanol–water partition coefficient (Wildman–Crippen LogP) is 4.21. The van der Waals surface area contributed by atoms with Crippen LogP contribution in [0.4, 0.5) is 0 Å². The van der Waals surface area contributed by atoms with Gasteiger partial charge in [-0.3, -0.25) is 0 Å². The van der Waals surface area contributed by atoms with Crippen LogP contribution in [0.3, 0.4) is 0 Å². The fourth-order valence-electron chi connectivity index (χ4n) is 2.05. The molecule has 0 fully saturated rings. The molecule has 0 aliphatic carbocycles. The summed E-state index contributed by atoms with van der Waals surface area (Å²) in [5.41, 5.74) is 1.10. The Bertz CT molecular complexity index is 886. The fraction of sp³-hybridized carbons (Fsp3) is 0. The van der Waals surface area contributed by atoms with E-state index in [1.165, 1.54) is 6.07 Å². The van der Waals surface area contributed by atoms with Crippen LogP contribution in [0.1, 0.15) is 10.5 Å². The lowest BCUT2D eigenvalue weighted by atomic mass is 10.1. The van der Waals surface area contributed by atoms with Crippen LogP contribution in [0.25, 0.3) is 22.6 Å². The van der Waals surface area contributed by atoms with E-state index in [9.17, 15) is 9.90 Å². The first-order valence-electron chi connectivity index (χ1n) is 6.55. The molecule has 3 aromatic rings. The van der Waals surface area contributed by atoms with E-state index in [4.69, 9.17) is 23.2 Å². The van der Waals surface area contributed by atoms with Gasteiger partial charge in [-0.2, -0.15) is 0 Å².